The van der Waals surface area contributed by atoms with Crippen LogP contribution in [0.1, 0.15) is 27.7 Å². The smallest absolute Gasteiger partial charge is 0.230 e. The molecule has 3 nitrogen and oxygen atoms in total. The maximum absolute atomic E-state index is 11.4. The van der Waals surface area contributed by atoms with E-state index in [1.807, 2.05) is 13.8 Å². The molecule has 0 rings (SSSR count). The second-order valence-corrected chi connectivity index (χ2v) is 5.53. The lowest BCUT2D eigenvalue weighted by Gasteiger charge is -2.19. The van der Waals surface area contributed by atoms with Crippen LogP contribution in [0, 0.1) is 5.92 Å². The van der Waals surface area contributed by atoms with Crippen LogP contribution >= 0.6 is 11.8 Å². The molecule has 0 spiro atoms. The first-order valence-corrected chi connectivity index (χ1v) is 6.04. The molecule has 0 aliphatic heterocycles. The van der Waals surface area contributed by atoms with Crippen molar-refractivity contribution in [3.63, 3.8) is 0 Å². The van der Waals surface area contributed by atoms with Crippen LogP contribution in [-0.2, 0) is 4.79 Å². The van der Waals surface area contributed by atoms with Crippen molar-refractivity contribution in [1.29, 1.82) is 0 Å². The summed E-state index contributed by atoms with van der Waals surface area (Å²) in [5.41, 5.74) is 0. The summed E-state index contributed by atoms with van der Waals surface area (Å²) in [6.45, 7) is 8.09. The Labute approximate surface area is 90.7 Å². The molecule has 0 aromatic rings. The number of aliphatic hydroxyl groups excluding tert-OH is 1. The molecule has 0 aliphatic rings. The van der Waals surface area contributed by atoms with Gasteiger partial charge in [0, 0.05) is 0 Å². The molecule has 1 unspecified atom stereocenters. The fraction of sp³-hybridized carbons (Fsp3) is 0.900. The van der Waals surface area contributed by atoms with E-state index >= 15 is 0 Å². The molecule has 4 heteroatoms. The van der Waals surface area contributed by atoms with Gasteiger partial charge in [0.2, 0.25) is 5.91 Å². The summed E-state index contributed by atoms with van der Waals surface area (Å²) >= 11 is 1.61. The second-order valence-electron chi connectivity index (χ2n) is 3.96. The van der Waals surface area contributed by atoms with Gasteiger partial charge in [0.25, 0.3) is 0 Å². The number of nitrogens with one attached hydrogen (secondary N) is 1. The Hall–Kier alpha value is -0.220. The Morgan fingerprint density at radius 3 is 2.29 bits per heavy atom. The minimum Gasteiger partial charge on any atom is -0.394 e. The van der Waals surface area contributed by atoms with Gasteiger partial charge >= 0.3 is 0 Å². The van der Waals surface area contributed by atoms with Gasteiger partial charge in [-0.05, 0) is 11.2 Å². The van der Waals surface area contributed by atoms with Crippen molar-refractivity contribution in [2.45, 2.75) is 39.0 Å². The van der Waals surface area contributed by atoms with Crippen LogP contribution < -0.4 is 5.32 Å². The predicted octanol–water partition coefficient (Wildman–Crippen LogP) is 1.26. The molecule has 84 valence electrons. The van der Waals surface area contributed by atoms with Crippen molar-refractivity contribution < 1.29 is 9.90 Å². The van der Waals surface area contributed by atoms with Gasteiger partial charge in [-0.25, -0.2) is 0 Å². The van der Waals surface area contributed by atoms with Crippen LogP contribution in [0.25, 0.3) is 0 Å². The molecule has 0 heterocycles. The quantitative estimate of drug-likeness (QED) is 0.707. The lowest BCUT2D eigenvalue weighted by Crippen LogP contribution is -2.42. The first kappa shape index (κ1) is 13.8. The van der Waals surface area contributed by atoms with Gasteiger partial charge in [-0.15, -0.1) is 11.8 Å². The molecule has 0 saturated carbocycles. The standard InChI is InChI=1S/C10H21NO2S/c1-7(2)9(5-12)11-10(13)6-14-8(3)4/h7-9,12H,5-6H2,1-4H3,(H,11,13). The van der Waals surface area contributed by atoms with E-state index in [1.165, 1.54) is 0 Å². The van der Waals surface area contributed by atoms with E-state index in [0.717, 1.165) is 0 Å². The summed E-state index contributed by atoms with van der Waals surface area (Å²) in [6, 6.07) is -0.115. The van der Waals surface area contributed by atoms with E-state index in [0.29, 0.717) is 11.0 Å². The number of aliphatic hydroxyl groups is 1. The number of rotatable bonds is 6. The summed E-state index contributed by atoms with van der Waals surface area (Å²) in [4.78, 5) is 11.4. The fourth-order valence-electron chi connectivity index (χ4n) is 0.914. The number of thioether (sulfide) groups is 1. The van der Waals surface area contributed by atoms with E-state index in [4.69, 9.17) is 5.11 Å². The van der Waals surface area contributed by atoms with Crippen LogP contribution in [0.5, 0.6) is 0 Å². The number of hydrogen-bond acceptors (Lipinski definition) is 3. The molecule has 0 bridgehead atoms. The van der Waals surface area contributed by atoms with Crippen LogP contribution in [0.2, 0.25) is 0 Å². The third-order valence-corrected chi connectivity index (χ3v) is 2.99. The van der Waals surface area contributed by atoms with Crippen molar-refractivity contribution >= 4 is 17.7 Å². The summed E-state index contributed by atoms with van der Waals surface area (Å²) in [5, 5.41) is 12.3. The summed E-state index contributed by atoms with van der Waals surface area (Å²) < 4.78 is 0. The minimum atomic E-state index is -0.115. The monoisotopic (exact) mass is 219 g/mol. The largest absolute Gasteiger partial charge is 0.394 e. The summed E-state index contributed by atoms with van der Waals surface area (Å²) in [7, 11) is 0. The van der Waals surface area contributed by atoms with Gasteiger partial charge in [0.05, 0.1) is 18.4 Å². The first-order valence-electron chi connectivity index (χ1n) is 4.99. The molecule has 0 aromatic carbocycles. The average Bonchev–Trinajstić information content (AvgIpc) is 2.10. The van der Waals surface area contributed by atoms with Crippen molar-refractivity contribution in [2.24, 2.45) is 5.92 Å². The van der Waals surface area contributed by atoms with E-state index < -0.39 is 0 Å². The molecule has 0 fully saturated rings. The Bertz CT molecular complexity index is 172. The second kappa shape index (κ2) is 7.12. The Kier molecular flexibility index (Phi) is 7.01. The van der Waals surface area contributed by atoms with E-state index in [2.05, 4.69) is 19.2 Å². The molecular weight excluding hydrogens is 198 g/mol. The number of carbonyl (C=O) groups excluding carboxylic acids is 1. The van der Waals surface area contributed by atoms with E-state index in [-0.39, 0.29) is 24.5 Å². The highest BCUT2D eigenvalue weighted by molar-refractivity contribution is 8.00. The zero-order valence-corrected chi connectivity index (χ0v) is 10.2. The van der Waals surface area contributed by atoms with Gasteiger partial charge in [-0.2, -0.15) is 0 Å². The molecule has 0 aromatic heterocycles. The normalized spacial score (nSPS) is 13.4. The molecule has 0 saturated heterocycles. The maximum Gasteiger partial charge on any atom is 0.230 e. The third-order valence-electron chi connectivity index (χ3n) is 1.90. The van der Waals surface area contributed by atoms with Gasteiger partial charge in [0.15, 0.2) is 0 Å². The number of amides is 1. The number of carbonyl (C=O) groups is 1. The van der Waals surface area contributed by atoms with Crippen LogP contribution in [0.4, 0.5) is 0 Å². The highest BCUT2D eigenvalue weighted by Crippen LogP contribution is 2.08. The molecule has 2 N–H and O–H groups in total. The maximum atomic E-state index is 11.4. The van der Waals surface area contributed by atoms with Gasteiger partial charge in [0.1, 0.15) is 0 Å². The fourth-order valence-corrected chi connectivity index (χ4v) is 1.48. The molecule has 14 heavy (non-hydrogen) atoms. The minimum absolute atomic E-state index is 0.00967. The van der Waals surface area contributed by atoms with Crippen molar-refractivity contribution in [2.75, 3.05) is 12.4 Å². The summed E-state index contributed by atoms with van der Waals surface area (Å²) in [5.74, 6) is 0.755. The van der Waals surface area contributed by atoms with Crippen LogP contribution in [-0.4, -0.2) is 34.7 Å². The van der Waals surface area contributed by atoms with Crippen molar-refractivity contribution in [1.82, 2.24) is 5.32 Å². The van der Waals surface area contributed by atoms with E-state index in [9.17, 15) is 4.79 Å². The van der Waals surface area contributed by atoms with Crippen molar-refractivity contribution in [3.8, 4) is 0 Å². The summed E-state index contributed by atoms with van der Waals surface area (Å²) in [6.07, 6.45) is 0. The molecule has 0 aliphatic carbocycles. The van der Waals surface area contributed by atoms with Crippen molar-refractivity contribution in [3.05, 3.63) is 0 Å². The topological polar surface area (TPSA) is 49.3 Å². The van der Waals surface area contributed by atoms with Crippen LogP contribution in [0.15, 0.2) is 0 Å². The van der Waals surface area contributed by atoms with E-state index in [1.54, 1.807) is 11.8 Å². The lowest BCUT2D eigenvalue weighted by atomic mass is 10.1. The van der Waals surface area contributed by atoms with Gasteiger partial charge in [-0.1, -0.05) is 27.7 Å². The average molecular weight is 219 g/mol. The first-order chi connectivity index (χ1) is 6.47. The molecular formula is C10H21NO2S. The number of hydrogen-bond donors (Lipinski definition) is 2. The zero-order valence-electron chi connectivity index (χ0n) is 9.41. The van der Waals surface area contributed by atoms with Gasteiger partial charge in [-0.3, -0.25) is 4.79 Å². The predicted molar refractivity (Wildman–Crippen MR) is 61.4 cm³/mol. The molecule has 1 amide bonds. The zero-order chi connectivity index (χ0) is 11.1. The Morgan fingerprint density at radius 1 is 1.36 bits per heavy atom. The highest BCUT2D eigenvalue weighted by atomic mass is 32.2. The Balaban J connectivity index is 3.79. The molecule has 1 atom stereocenters. The molecule has 0 radical (unpaired) electrons. The lowest BCUT2D eigenvalue weighted by molar-refractivity contribution is -0.119. The SMILES string of the molecule is CC(C)SCC(=O)NC(CO)C(C)C. The highest BCUT2D eigenvalue weighted by Gasteiger charge is 2.14. The van der Waals surface area contributed by atoms with Crippen LogP contribution in [0.3, 0.4) is 0 Å². The third kappa shape index (κ3) is 6.27. The van der Waals surface area contributed by atoms with Gasteiger partial charge < -0.3 is 10.4 Å². The Morgan fingerprint density at radius 2 is 1.93 bits per heavy atom.